The number of nitrogens with zero attached hydrogens (tertiary/aromatic N) is 3. The first-order valence-corrected chi connectivity index (χ1v) is 15.6. The van der Waals surface area contributed by atoms with Gasteiger partial charge in [0.05, 0.1) is 18.5 Å². The number of para-hydroxylation sites is 1. The first-order valence-electron chi connectivity index (χ1n) is 12.6. The number of H-pyrrole nitrogens is 1. The summed E-state index contributed by atoms with van der Waals surface area (Å²) >= 11 is 0. The lowest BCUT2D eigenvalue weighted by Gasteiger charge is -2.39. The molecule has 4 rings (SSSR count). The molecule has 2 aromatic heterocycles. The summed E-state index contributed by atoms with van der Waals surface area (Å²) in [7, 11) is -2.16. The molecule has 3 atom stereocenters. The number of hydrogen-bond acceptors (Lipinski definition) is 7. The highest BCUT2D eigenvalue weighted by Crippen LogP contribution is 2.42. The Hall–Kier alpha value is -3.02. The van der Waals surface area contributed by atoms with Crippen molar-refractivity contribution in [2.45, 2.75) is 77.6 Å². The molecule has 0 bridgehead atoms. The summed E-state index contributed by atoms with van der Waals surface area (Å²) in [6.07, 6.45) is 1.07. The SMILES string of the molecule is CC(C)C(=O)Nc1nc2c(ncn2[C@@H]2O[C@H](COc3ccccc3)C[C@H]2O[Si](C)(C)C(C)(C)C)c(=O)[nH]1. The zero-order valence-electron chi connectivity index (χ0n) is 22.6. The van der Waals surface area contributed by atoms with Crippen LogP contribution in [-0.2, 0) is 14.0 Å². The lowest BCUT2D eigenvalue weighted by Crippen LogP contribution is -2.45. The van der Waals surface area contributed by atoms with Gasteiger partial charge in [-0.2, -0.15) is 4.98 Å². The van der Waals surface area contributed by atoms with E-state index < -0.39 is 20.1 Å². The highest BCUT2D eigenvalue weighted by atomic mass is 28.4. The molecule has 1 aliphatic heterocycles. The topological polar surface area (TPSA) is 120 Å². The van der Waals surface area contributed by atoms with Crippen molar-refractivity contribution < 1.29 is 18.7 Å². The molecular weight excluding hydrogens is 490 g/mol. The fourth-order valence-electron chi connectivity index (χ4n) is 3.87. The Kier molecular flexibility index (Phi) is 7.59. The molecule has 11 heteroatoms. The maximum atomic E-state index is 12.7. The second-order valence-corrected chi connectivity index (χ2v) is 16.1. The molecule has 1 saturated heterocycles. The van der Waals surface area contributed by atoms with Crippen molar-refractivity contribution in [2.24, 2.45) is 5.92 Å². The highest BCUT2D eigenvalue weighted by Gasteiger charge is 2.46. The lowest BCUT2D eigenvalue weighted by atomic mass is 10.2. The first-order chi connectivity index (χ1) is 17.4. The number of nitrogens with one attached hydrogen (secondary N) is 2. The Balaban J connectivity index is 1.66. The van der Waals surface area contributed by atoms with Crippen LogP contribution >= 0.6 is 0 Å². The van der Waals surface area contributed by atoms with Crippen molar-refractivity contribution in [3.8, 4) is 5.75 Å². The lowest BCUT2D eigenvalue weighted by molar-refractivity contribution is -0.118. The van der Waals surface area contributed by atoms with Crippen LogP contribution in [0.25, 0.3) is 11.2 Å². The van der Waals surface area contributed by atoms with Crippen LogP contribution in [-0.4, -0.2) is 52.6 Å². The van der Waals surface area contributed by atoms with Gasteiger partial charge in [0, 0.05) is 12.3 Å². The summed E-state index contributed by atoms with van der Waals surface area (Å²) in [5, 5.41) is 2.66. The number of carbonyl (C=O) groups is 1. The van der Waals surface area contributed by atoms with Gasteiger partial charge in [-0.1, -0.05) is 52.8 Å². The van der Waals surface area contributed by atoms with Crippen LogP contribution in [0.4, 0.5) is 5.95 Å². The maximum absolute atomic E-state index is 12.7. The average Bonchev–Trinajstić information content (AvgIpc) is 3.41. The number of fused-ring (bicyclic) bond motifs is 1. The molecule has 3 heterocycles. The van der Waals surface area contributed by atoms with E-state index in [4.69, 9.17) is 13.9 Å². The summed E-state index contributed by atoms with van der Waals surface area (Å²) in [5.41, 5.74) is 0.0501. The van der Waals surface area contributed by atoms with Crippen LogP contribution in [0.3, 0.4) is 0 Å². The fraction of sp³-hybridized carbons (Fsp3) is 0.538. The third kappa shape index (κ3) is 5.94. The standard InChI is InChI=1S/C26H37N5O5Si/c1-16(2)22(32)29-25-28-21-20(23(33)30-25)27-15-31(21)24-19(36-37(6,7)26(3,4)5)13-18(35-24)14-34-17-11-9-8-10-12-17/h8-12,15-16,18-19,24H,13-14H2,1-7H3,(H2,28,29,30,32,33)/t18-,19+,24+/m0/s1. The Morgan fingerprint density at radius 1 is 1.27 bits per heavy atom. The molecule has 37 heavy (non-hydrogen) atoms. The summed E-state index contributed by atoms with van der Waals surface area (Å²) in [4.78, 5) is 36.4. The normalized spacial score (nSPS) is 20.5. The van der Waals surface area contributed by atoms with Crippen LogP contribution in [0.1, 0.15) is 47.3 Å². The molecule has 0 aliphatic carbocycles. The second-order valence-electron chi connectivity index (χ2n) is 11.3. The number of imidazole rings is 1. The third-order valence-electron chi connectivity index (χ3n) is 7.05. The van der Waals surface area contributed by atoms with Gasteiger partial charge in [-0.05, 0) is 30.3 Å². The van der Waals surface area contributed by atoms with Gasteiger partial charge in [0.1, 0.15) is 12.4 Å². The zero-order chi connectivity index (χ0) is 27.0. The number of amides is 1. The summed E-state index contributed by atoms with van der Waals surface area (Å²) in [6, 6.07) is 9.60. The minimum Gasteiger partial charge on any atom is -0.491 e. The first kappa shape index (κ1) is 27.0. The average molecular weight is 528 g/mol. The van der Waals surface area contributed by atoms with Crippen LogP contribution in [0.2, 0.25) is 18.1 Å². The number of benzene rings is 1. The predicted molar refractivity (Wildman–Crippen MR) is 144 cm³/mol. The van der Waals surface area contributed by atoms with Gasteiger partial charge in [0.25, 0.3) is 5.56 Å². The highest BCUT2D eigenvalue weighted by molar-refractivity contribution is 6.74. The van der Waals surface area contributed by atoms with E-state index in [9.17, 15) is 9.59 Å². The van der Waals surface area contributed by atoms with Crippen LogP contribution in [0.15, 0.2) is 41.5 Å². The van der Waals surface area contributed by atoms with Crippen molar-refractivity contribution >= 4 is 31.3 Å². The smallest absolute Gasteiger partial charge is 0.280 e. The van der Waals surface area contributed by atoms with Gasteiger partial charge in [0.2, 0.25) is 11.9 Å². The van der Waals surface area contributed by atoms with E-state index >= 15 is 0 Å². The zero-order valence-corrected chi connectivity index (χ0v) is 23.6. The summed E-state index contributed by atoms with van der Waals surface area (Å²) < 4.78 is 21.0. The van der Waals surface area contributed by atoms with E-state index in [0.29, 0.717) is 18.7 Å². The Bertz CT molecular complexity index is 1300. The van der Waals surface area contributed by atoms with Crippen molar-refractivity contribution in [3.05, 3.63) is 47.0 Å². The monoisotopic (exact) mass is 527 g/mol. The van der Waals surface area contributed by atoms with E-state index in [-0.39, 0.29) is 40.5 Å². The summed E-state index contributed by atoms with van der Waals surface area (Å²) in [6.45, 7) is 14.9. The molecule has 200 valence electrons. The fourth-order valence-corrected chi connectivity index (χ4v) is 5.19. The number of ether oxygens (including phenoxy) is 2. The molecule has 1 aliphatic rings. The number of hydrogen-bond donors (Lipinski definition) is 2. The number of aromatic amines is 1. The molecule has 0 unspecified atom stereocenters. The van der Waals surface area contributed by atoms with Crippen molar-refractivity contribution in [1.82, 2.24) is 19.5 Å². The minimum absolute atomic E-state index is 0.00310. The summed E-state index contributed by atoms with van der Waals surface area (Å²) in [5.74, 6) is 0.324. The molecule has 1 fully saturated rings. The number of anilines is 1. The molecule has 0 radical (unpaired) electrons. The number of carbonyl (C=O) groups excluding carboxylic acids is 1. The minimum atomic E-state index is -2.16. The maximum Gasteiger partial charge on any atom is 0.280 e. The predicted octanol–water partition coefficient (Wildman–Crippen LogP) is 4.47. The molecule has 3 aromatic rings. The quantitative estimate of drug-likeness (QED) is 0.415. The number of aromatic nitrogens is 4. The molecule has 1 amide bonds. The van der Waals surface area contributed by atoms with Crippen LogP contribution in [0.5, 0.6) is 5.75 Å². The van der Waals surface area contributed by atoms with E-state index in [1.165, 1.54) is 0 Å². The van der Waals surface area contributed by atoms with Gasteiger partial charge >= 0.3 is 0 Å². The van der Waals surface area contributed by atoms with E-state index in [0.717, 1.165) is 5.75 Å². The van der Waals surface area contributed by atoms with E-state index in [2.05, 4.69) is 54.1 Å². The third-order valence-corrected chi connectivity index (χ3v) is 11.6. The van der Waals surface area contributed by atoms with Gasteiger partial charge in [-0.3, -0.25) is 24.5 Å². The number of rotatable bonds is 8. The Morgan fingerprint density at radius 3 is 2.62 bits per heavy atom. The largest absolute Gasteiger partial charge is 0.491 e. The molecule has 0 saturated carbocycles. The second kappa shape index (κ2) is 10.4. The molecule has 10 nitrogen and oxygen atoms in total. The Labute approximate surface area is 217 Å². The van der Waals surface area contributed by atoms with Gasteiger partial charge < -0.3 is 13.9 Å². The van der Waals surface area contributed by atoms with Crippen LogP contribution < -0.4 is 15.6 Å². The van der Waals surface area contributed by atoms with Gasteiger partial charge in [-0.15, -0.1) is 0 Å². The molecular formula is C26H37N5O5Si. The molecule has 1 aromatic carbocycles. The molecule has 2 N–H and O–H groups in total. The van der Waals surface area contributed by atoms with Crippen molar-refractivity contribution in [3.63, 3.8) is 0 Å². The molecule has 0 spiro atoms. The van der Waals surface area contributed by atoms with Gasteiger partial charge in [0.15, 0.2) is 25.7 Å². The Morgan fingerprint density at radius 2 is 1.97 bits per heavy atom. The van der Waals surface area contributed by atoms with E-state index in [1.54, 1.807) is 24.7 Å². The van der Waals surface area contributed by atoms with Crippen molar-refractivity contribution in [1.29, 1.82) is 0 Å². The van der Waals surface area contributed by atoms with Crippen molar-refractivity contribution in [2.75, 3.05) is 11.9 Å². The van der Waals surface area contributed by atoms with Crippen LogP contribution in [0, 0.1) is 5.92 Å². The van der Waals surface area contributed by atoms with Gasteiger partial charge in [-0.25, -0.2) is 4.98 Å². The van der Waals surface area contributed by atoms with E-state index in [1.807, 2.05) is 30.3 Å².